The van der Waals surface area contributed by atoms with E-state index in [0.717, 1.165) is 12.3 Å². The number of carbonyl (C=O) groups excluding carboxylic acids is 1. The van der Waals surface area contributed by atoms with E-state index in [-0.39, 0.29) is 37.3 Å². The van der Waals surface area contributed by atoms with E-state index in [1.54, 1.807) is 6.92 Å². The van der Waals surface area contributed by atoms with Gasteiger partial charge in [-0.25, -0.2) is 12.8 Å². The van der Waals surface area contributed by atoms with Gasteiger partial charge in [-0.3, -0.25) is 14.3 Å². The Labute approximate surface area is 149 Å². The summed E-state index contributed by atoms with van der Waals surface area (Å²) in [4.78, 5) is 26.8. The lowest BCUT2D eigenvalue weighted by molar-refractivity contribution is 0.0688. The van der Waals surface area contributed by atoms with Crippen LogP contribution in [0.2, 0.25) is 0 Å². The van der Waals surface area contributed by atoms with Gasteiger partial charge in [-0.1, -0.05) is 0 Å². The fourth-order valence-corrected chi connectivity index (χ4v) is 3.84. The van der Waals surface area contributed by atoms with Crippen LogP contribution >= 0.6 is 0 Å². The third-order valence-electron chi connectivity index (χ3n) is 4.41. The lowest BCUT2D eigenvalue weighted by Gasteiger charge is -2.33. The standard InChI is InChI=1S/C16H19FN4O4S/c1-3-21-13-5-4-11(17)10-12(13)15(22)14(18-21)16(23)19-6-8-20(9-7-19)26(2,24)25/h4-5,10H,3,6-9H2,1-2H3. The minimum absolute atomic E-state index is 0.0972. The van der Waals surface area contributed by atoms with Gasteiger partial charge in [0.05, 0.1) is 17.2 Å². The average molecular weight is 382 g/mol. The van der Waals surface area contributed by atoms with Gasteiger partial charge in [-0.15, -0.1) is 0 Å². The summed E-state index contributed by atoms with van der Waals surface area (Å²) in [5.41, 5.74) is -0.449. The zero-order valence-corrected chi connectivity index (χ0v) is 15.3. The van der Waals surface area contributed by atoms with Crippen molar-refractivity contribution in [1.29, 1.82) is 0 Å². The van der Waals surface area contributed by atoms with Gasteiger partial charge in [0, 0.05) is 32.7 Å². The predicted molar refractivity (Wildman–Crippen MR) is 94.0 cm³/mol. The number of nitrogens with zero attached hydrogens (tertiary/aromatic N) is 4. The SMILES string of the molecule is CCn1nc(C(=O)N2CCN(S(C)(=O)=O)CC2)c(=O)c2cc(F)ccc21. The van der Waals surface area contributed by atoms with E-state index in [4.69, 9.17) is 0 Å². The van der Waals surface area contributed by atoms with Crippen molar-refractivity contribution in [2.45, 2.75) is 13.5 Å². The molecule has 0 N–H and O–H groups in total. The number of sulfonamides is 1. The quantitative estimate of drug-likeness (QED) is 0.760. The topological polar surface area (TPSA) is 92.6 Å². The van der Waals surface area contributed by atoms with Crippen LogP contribution in [0.5, 0.6) is 0 Å². The third-order valence-corrected chi connectivity index (χ3v) is 5.72. The summed E-state index contributed by atoms with van der Waals surface area (Å²) in [6.07, 6.45) is 1.11. The van der Waals surface area contributed by atoms with Crippen LogP contribution in [0.15, 0.2) is 23.0 Å². The van der Waals surface area contributed by atoms with Crippen molar-refractivity contribution in [2.24, 2.45) is 0 Å². The number of hydrogen-bond donors (Lipinski definition) is 0. The molecule has 1 aliphatic heterocycles. The van der Waals surface area contributed by atoms with Crippen LogP contribution in [-0.4, -0.2) is 65.7 Å². The lowest BCUT2D eigenvalue weighted by atomic mass is 10.1. The molecule has 3 rings (SSSR count). The highest BCUT2D eigenvalue weighted by Crippen LogP contribution is 2.14. The monoisotopic (exact) mass is 382 g/mol. The number of hydrogen-bond acceptors (Lipinski definition) is 5. The molecule has 0 saturated carbocycles. The molecule has 1 aliphatic rings. The molecule has 0 bridgehead atoms. The number of piperazine rings is 1. The number of aryl methyl sites for hydroxylation is 1. The van der Waals surface area contributed by atoms with E-state index in [9.17, 15) is 22.4 Å². The van der Waals surface area contributed by atoms with Crippen molar-refractivity contribution >= 4 is 26.8 Å². The Balaban J connectivity index is 1.97. The highest BCUT2D eigenvalue weighted by atomic mass is 32.2. The molecule has 1 amide bonds. The van der Waals surface area contributed by atoms with Gasteiger partial charge >= 0.3 is 0 Å². The average Bonchev–Trinajstić information content (AvgIpc) is 2.61. The summed E-state index contributed by atoms with van der Waals surface area (Å²) in [6, 6.07) is 3.80. The minimum Gasteiger partial charge on any atom is -0.334 e. The van der Waals surface area contributed by atoms with E-state index >= 15 is 0 Å². The molecule has 1 aromatic carbocycles. The van der Waals surface area contributed by atoms with Gasteiger partial charge in [-0.2, -0.15) is 9.40 Å². The van der Waals surface area contributed by atoms with E-state index in [1.807, 2.05) is 0 Å². The molecule has 26 heavy (non-hydrogen) atoms. The number of rotatable bonds is 3. The zero-order chi connectivity index (χ0) is 19.1. The van der Waals surface area contributed by atoms with Crippen LogP contribution in [0, 0.1) is 5.82 Å². The number of aromatic nitrogens is 2. The maximum absolute atomic E-state index is 13.6. The van der Waals surface area contributed by atoms with Crippen LogP contribution in [0.1, 0.15) is 17.4 Å². The van der Waals surface area contributed by atoms with Crippen LogP contribution < -0.4 is 5.43 Å². The number of fused-ring (bicyclic) bond motifs is 1. The van der Waals surface area contributed by atoms with Crippen molar-refractivity contribution in [1.82, 2.24) is 19.0 Å². The first-order chi connectivity index (χ1) is 12.2. The van der Waals surface area contributed by atoms with Crippen molar-refractivity contribution < 1.29 is 17.6 Å². The number of benzene rings is 1. The Bertz CT molecular complexity index is 1030. The Morgan fingerprint density at radius 1 is 1.23 bits per heavy atom. The van der Waals surface area contributed by atoms with E-state index < -0.39 is 27.2 Å². The largest absolute Gasteiger partial charge is 0.334 e. The molecule has 0 aliphatic carbocycles. The highest BCUT2D eigenvalue weighted by molar-refractivity contribution is 7.88. The van der Waals surface area contributed by atoms with Crippen LogP contribution in [-0.2, 0) is 16.6 Å². The molecule has 0 radical (unpaired) electrons. The molecule has 2 aromatic rings. The summed E-state index contributed by atoms with van der Waals surface area (Å²) in [5.74, 6) is -1.14. The molecular formula is C16H19FN4O4S. The molecule has 8 nitrogen and oxygen atoms in total. The van der Waals surface area contributed by atoms with Crippen molar-refractivity contribution in [2.75, 3.05) is 32.4 Å². The predicted octanol–water partition coefficient (Wildman–Crippen LogP) is 0.273. The molecule has 2 heterocycles. The normalized spacial score (nSPS) is 16.2. The molecule has 0 unspecified atom stereocenters. The van der Waals surface area contributed by atoms with Crippen molar-refractivity contribution in [3.05, 3.63) is 39.9 Å². The summed E-state index contributed by atoms with van der Waals surface area (Å²) in [6.45, 7) is 2.87. The van der Waals surface area contributed by atoms with Crippen LogP contribution in [0.3, 0.4) is 0 Å². The second-order valence-electron chi connectivity index (χ2n) is 6.11. The maximum atomic E-state index is 13.6. The van der Waals surface area contributed by atoms with Crippen molar-refractivity contribution in [3.8, 4) is 0 Å². The van der Waals surface area contributed by atoms with E-state index in [2.05, 4.69) is 5.10 Å². The summed E-state index contributed by atoms with van der Waals surface area (Å²) >= 11 is 0. The second kappa shape index (κ2) is 6.76. The van der Waals surface area contributed by atoms with Gasteiger partial charge in [0.1, 0.15) is 5.82 Å². The Hall–Kier alpha value is -2.33. The molecule has 1 fully saturated rings. The highest BCUT2D eigenvalue weighted by Gasteiger charge is 2.29. The first kappa shape index (κ1) is 18.5. The fourth-order valence-electron chi connectivity index (χ4n) is 3.02. The first-order valence-corrected chi connectivity index (χ1v) is 10.0. The molecular weight excluding hydrogens is 363 g/mol. The van der Waals surface area contributed by atoms with Crippen molar-refractivity contribution in [3.63, 3.8) is 0 Å². The van der Waals surface area contributed by atoms with Gasteiger partial charge < -0.3 is 4.90 Å². The fraction of sp³-hybridized carbons (Fsp3) is 0.438. The summed E-state index contributed by atoms with van der Waals surface area (Å²) in [5, 5.41) is 4.25. The van der Waals surface area contributed by atoms with E-state index in [1.165, 1.54) is 26.0 Å². The van der Waals surface area contributed by atoms with Crippen LogP contribution in [0.4, 0.5) is 4.39 Å². The smallest absolute Gasteiger partial charge is 0.278 e. The summed E-state index contributed by atoms with van der Waals surface area (Å²) in [7, 11) is -3.32. The third kappa shape index (κ3) is 3.34. The van der Waals surface area contributed by atoms with Gasteiger partial charge in [0.25, 0.3) is 5.91 Å². The van der Waals surface area contributed by atoms with Gasteiger partial charge in [-0.05, 0) is 25.1 Å². The molecule has 1 saturated heterocycles. The van der Waals surface area contributed by atoms with Gasteiger partial charge in [0.2, 0.25) is 15.5 Å². The first-order valence-electron chi connectivity index (χ1n) is 8.17. The second-order valence-corrected chi connectivity index (χ2v) is 8.09. The zero-order valence-electron chi connectivity index (χ0n) is 14.5. The molecule has 1 aromatic heterocycles. The van der Waals surface area contributed by atoms with Gasteiger partial charge in [0.15, 0.2) is 5.69 Å². The molecule has 0 atom stereocenters. The number of halogens is 1. The maximum Gasteiger partial charge on any atom is 0.278 e. The summed E-state index contributed by atoms with van der Waals surface area (Å²) < 4.78 is 39.5. The lowest BCUT2D eigenvalue weighted by Crippen LogP contribution is -2.51. The number of carbonyl (C=O) groups is 1. The Morgan fingerprint density at radius 2 is 1.88 bits per heavy atom. The van der Waals surface area contributed by atoms with Crippen LogP contribution in [0.25, 0.3) is 10.9 Å². The Kier molecular flexibility index (Phi) is 4.80. The molecule has 0 spiro atoms. The van der Waals surface area contributed by atoms with E-state index in [0.29, 0.717) is 12.1 Å². The molecule has 10 heteroatoms. The number of amides is 1. The molecule has 140 valence electrons. The Morgan fingerprint density at radius 3 is 2.46 bits per heavy atom. The minimum atomic E-state index is -3.32.